The molecule has 0 aliphatic carbocycles. The number of hydrogen-bond acceptors (Lipinski definition) is 3. The van der Waals surface area contributed by atoms with E-state index in [0.717, 1.165) is 28.3 Å². The van der Waals surface area contributed by atoms with Gasteiger partial charge in [0.25, 0.3) is 5.91 Å². The van der Waals surface area contributed by atoms with Crippen LogP contribution in [-0.2, 0) is 13.2 Å². The molecule has 0 radical (unpaired) electrons. The van der Waals surface area contributed by atoms with Gasteiger partial charge in [0.05, 0.1) is 18.3 Å². The predicted octanol–water partition coefficient (Wildman–Crippen LogP) is 3.99. The molecule has 1 amide bonds. The molecule has 138 valence electrons. The number of ether oxygens (including phenoxy) is 1. The Balaban J connectivity index is 1.48. The maximum atomic E-state index is 12.9. The molecule has 3 aromatic rings. The van der Waals surface area contributed by atoms with Crippen LogP contribution >= 0.6 is 0 Å². The number of carbonyl (C=O) groups excluding carboxylic acids is 1. The second-order valence-corrected chi connectivity index (χ2v) is 6.93. The number of rotatable bonds is 4. The van der Waals surface area contributed by atoms with Crippen molar-refractivity contribution in [2.24, 2.45) is 0 Å². The average molecular weight is 361 g/mol. The zero-order valence-electron chi connectivity index (χ0n) is 15.6. The number of aromatic nitrogens is 2. The van der Waals surface area contributed by atoms with E-state index < -0.39 is 0 Å². The fourth-order valence-electron chi connectivity index (χ4n) is 3.44. The number of carbonyl (C=O) groups is 1. The standard InChI is InChI=1S/C22H23N3O2/c1-16-8-10-18(11-9-16)22(26)24-12-13-25-21(17(24)2)14-19(23-25)15-27-20-6-4-3-5-7-20/h3-11,14,17H,12-13,15H2,1-2H3. The zero-order valence-corrected chi connectivity index (χ0v) is 15.6. The molecule has 0 saturated carbocycles. The first-order valence-electron chi connectivity index (χ1n) is 9.24. The second kappa shape index (κ2) is 7.27. The number of benzene rings is 2. The average Bonchev–Trinajstić information content (AvgIpc) is 3.12. The van der Waals surface area contributed by atoms with Gasteiger partial charge in [-0.05, 0) is 44.2 Å². The Hall–Kier alpha value is -3.08. The van der Waals surface area contributed by atoms with Crippen molar-refractivity contribution in [3.8, 4) is 5.75 Å². The summed E-state index contributed by atoms with van der Waals surface area (Å²) in [5.41, 5.74) is 3.81. The molecular formula is C22H23N3O2. The van der Waals surface area contributed by atoms with Gasteiger partial charge in [-0.1, -0.05) is 35.9 Å². The van der Waals surface area contributed by atoms with Crippen molar-refractivity contribution in [3.05, 3.63) is 83.2 Å². The van der Waals surface area contributed by atoms with E-state index in [1.807, 2.05) is 77.2 Å². The van der Waals surface area contributed by atoms with Gasteiger partial charge < -0.3 is 9.64 Å². The van der Waals surface area contributed by atoms with Crippen LogP contribution in [0.5, 0.6) is 5.75 Å². The van der Waals surface area contributed by atoms with Crippen molar-refractivity contribution >= 4 is 5.91 Å². The Bertz CT molecular complexity index is 932. The summed E-state index contributed by atoms with van der Waals surface area (Å²) in [6.45, 7) is 5.85. The highest BCUT2D eigenvalue weighted by Gasteiger charge is 2.29. The molecular weight excluding hydrogens is 338 g/mol. The van der Waals surface area contributed by atoms with E-state index in [2.05, 4.69) is 12.0 Å². The van der Waals surface area contributed by atoms with Crippen LogP contribution in [0.4, 0.5) is 0 Å². The van der Waals surface area contributed by atoms with E-state index in [0.29, 0.717) is 19.7 Å². The zero-order chi connectivity index (χ0) is 18.8. The SMILES string of the molecule is Cc1ccc(C(=O)N2CCn3nc(COc4ccccc4)cc3C2C)cc1. The lowest BCUT2D eigenvalue weighted by Crippen LogP contribution is -2.41. The van der Waals surface area contributed by atoms with Gasteiger partial charge in [-0.15, -0.1) is 0 Å². The summed E-state index contributed by atoms with van der Waals surface area (Å²) in [7, 11) is 0. The molecule has 1 unspecified atom stereocenters. The lowest BCUT2D eigenvalue weighted by atomic mass is 10.1. The number of aryl methyl sites for hydroxylation is 1. The van der Waals surface area contributed by atoms with E-state index in [4.69, 9.17) is 4.74 Å². The Morgan fingerprint density at radius 3 is 2.59 bits per heavy atom. The van der Waals surface area contributed by atoms with E-state index in [-0.39, 0.29) is 11.9 Å². The number of para-hydroxylation sites is 1. The van der Waals surface area contributed by atoms with Gasteiger partial charge in [-0.25, -0.2) is 0 Å². The summed E-state index contributed by atoms with van der Waals surface area (Å²) < 4.78 is 7.80. The first kappa shape index (κ1) is 17.3. The highest BCUT2D eigenvalue weighted by Crippen LogP contribution is 2.27. The quantitative estimate of drug-likeness (QED) is 0.706. The molecule has 0 saturated heterocycles. The number of fused-ring (bicyclic) bond motifs is 1. The lowest BCUT2D eigenvalue weighted by molar-refractivity contribution is 0.0636. The highest BCUT2D eigenvalue weighted by molar-refractivity contribution is 5.94. The summed E-state index contributed by atoms with van der Waals surface area (Å²) in [5.74, 6) is 0.893. The molecule has 1 aromatic heterocycles. The first-order chi connectivity index (χ1) is 13.1. The maximum Gasteiger partial charge on any atom is 0.254 e. The molecule has 0 bridgehead atoms. The van der Waals surface area contributed by atoms with Gasteiger partial charge in [0, 0.05) is 12.1 Å². The van der Waals surface area contributed by atoms with Crippen molar-refractivity contribution in [2.75, 3.05) is 6.54 Å². The first-order valence-corrected chi connectivity index (χ1v) is 9.24. The number of nitrogens with zero attached hydrogens (tertiary/aromatic N) is 3. The van der Waals surface area contributed by atoms with Gasteiger partial charge in [0.1, 0.15) is 18.1 Å². The number of hydrogen-bond donors (Lipinski definition) is 0. The largest absolute Gasteiger partial charge is 0.487 e. The molecule has 27 heavy (non-hydrogen) atoms. The van der Waals surface area contributed by atoms with Gasteiger partial charge >= 0.3 is 0 Å². The summed E-state index contributed by atoms with van der Waals surface area (Å²) in [6.07, 6.45) is 0. The predicted molar refractivity (Wildman–Crippen MR) is 104 cm³/mol. The Morgan fingerprint density at radius 2 is 1.85 bits per heavy atom. The summed E-state index contributed by atoms with van der Waals surface area (Å²) in [5, 5.41) is 4.65. The van der Waals surface area contributed by atoms with E-state index >= 15 is 0 Å². The van der Waals surface area contributed by atoms with Crippen LogP contribution in [0.1, 0.15) is 40.3 Å². The topological polar surface area (TPSA) is 47.4 Å². The molecule has 0 spiro atoms. The van der Waals surface area contributed by atoms with Crippen molar-refractivity contribution in [2.45, 2.75) is 33.0 Å². The molecule has 2 aromatic carbocycles. The molecule has 0 fully saturated rings. The van der Waals surface area contributed by atoms with Crippen LogP contribution in [0.25, 0.3) is 0 Å². The summed E-state index contributed by atoms with van der Waals surface area (Å²) in [4.78, 5) is 14.8. The minimum absolute atomic E-state index is 0.0227. The second-order valence-electron chi connectivity index (χ2n) is 6.93. The fraction of sp³-hybridized carbons (Fsp3) is 0.273. The van der Waals surface area contributed by atoms with Crippen LogP contribution in [0.3, 0.4) is 0 Å². The van der Waals surface area contributed by atoms with Crippen LogP contribution in [0.15, 0.2) is 60.7 Å². The van der Waals surface area contributed by atoms with Crippen molar-refractivity contribution in [1.29, 1.82) is 0 Å². The smallest absolute Gasteiger partial charge is 0.254 e. The van der Waals surface area contributed by atoms with E-state index in [1.165, 1.54) is 0 Å². The van der Waals surface area contributed by atoms with Gasteiger partial charge in [-0.3, -0.25) is 9.48 Å². The minimum Gasteiger partial charge on any atom is -0.487 e. The molecule has 1 aliphatic rings. The van der Waals surface area contributed by atoms with Crippen LogP contribution in [-0.4, -0.2) is 27.1 Å². The van der Waals surface area contributed by atoms with Crippen LogP contribution in [0, 0.1) is 6.92 Å². The minimum atomic E-state index is -0.0227. The Morgan fingerprint density at radius 1 is 1.11 bits per heavy atom. The normalized spacial score (nSPS) is 16.1. The molecule has 5 heteroatoms. The van der Waals surface area contributed by atoms with E-state index in [1.54, 1.807) is 0 Å². The fourth-order valence-corrected chi connectivity index (χ4v) is 3.44. The van der Waals surface area contributed by atoms with Gasteiger partial charge in [-0.2, -0.15) is 5.10 Å². The molecule has 1 aliphatic heterocycles. The molecule has 4 rings (SSSR count). The molecule has 0 N–H and O–H groups in total. The van der Waals surface area contributed by atoms with E-state index in [9.17, 15) is 4.79 Å². The maximum absolute atomic E-state index is 12.9. The Labute approximate surface area is 159 Å². The van der Waals surface area contributed by atoms with Crippen LogP contribution < -0.4 is 4.74 Å². The van der Waals surface area contributed by atoms with Crippen LogP contribution in [0.2, 0.25) is 0 Å². The molecule has 2 heterocycles. The Kier molecular flexibility index (Phi) is 4.67. The summed E-state index contributed by atoms with van der Waals surface area (Å²) >= 11 is 0. The number of amides is 1. The highest BCUT2D eigenvalue weighted by atomic mass is 16.5. The van der Waals surface area contributed by atoms with Crippen molar-refractivity contribution < 1.29 is 9.53 Å². The lowest BCUT2D eigenvalue weighted by Gasteiger charge is -2.34. The van der Waals surface area contributed by atoms with Crippen molar-refractivity contribution in [1.82, 2.24) is 14.7 Å². The third-order valence-corrected chi connectivity index (χ3v) is 5.00. The third kappa shape index (κ3) is 3.58. The molecule has 1 atom stereocenters. The molecule has 5 nitrogen and oxygen atoms in total. The van der Waals surface area contributed by atoms with Gasteiger partial charge in [0.2, 0.25) is 0 Å². The van der Waals surface area contributed by atoms with Crippen molar-refractivity contribution in [3.63, 3.8) is 0 Å². The third-order valence-electron chi connectivity index (χ3n) is 5.00. The van der Waals surface area contributed by atoms with Gasteiger partial charge in [0.15, 0.2) is 0 Å². The monoisotopic (exact) mass is 361 g/mol. The summed E-state index contributed by atoms with van der Waals surface area (Å²) in [6, 6.07) is 19.5.